The summed E-state index contributed by atoms with van der Waals surface area (Å²) in [5.41, 5.74) is 5.27. The monoisotopic (exact) mass is 428 g/mol. The highest BCUT2D eigenvalue weighted by Crippen LogP contribution is 2.19. The number of nitrogens with zero attached hydrogens (tertiary/aromatic N) is 3. The smallest absolute Gasteiger partial charge is 0.220 e. The van der Waals surface area contributed by atoms with Crippen LogP contribution in [0.2, 0.25) is 0 Å². The van der Waals surface area contributed by atoms with Crippen LogP contribution in [0.5, 0.6) is 5.75 Å². The summed E-state index contributed by atoms with van der Waals surface area (Å²) < 4.78 is 7.35. The van der Waals surface area contributed by atoms with Crippen LogP contribution in [0.4, 0.5) is 0 Å². The molecule has 0 aliphatic carbocycles. The number of carbonyl (C=O) groups is 1. The van der Waals surface area contributed by atoms with Gasteiger partial charge in [0.2, 0.25) is 5.91 Å². The summed E-state index contributed by atoms with van der Waals surface area (Å²) >= 11 is 0. The Kier molecular flexibility index (Phi) is 6.80. The van der Waals surface area contributed by atoms with Gasteiger partial charge in [-0.2, -0.15) is 0 Å². The second kappa shape index (κ2) is 10.1. The number of ether oxygens (including phenoxy) is 1. The first kappa shape index (κ1) is 21.6. The normalized spacial score (nSPS) is 10.9. The van der Waals surface area contributed by atoms with Crippen LogP contribution in [0.1, 0.15) is 28.9 Å². The summed E-state index contributed by atoms with van der Waals surface area (Å²) in [6, 6.07) is 20.2. The predicted octanol–water partition coefficient (Wildman–Crippen LogP) is 4.09. The highest BCUT2D eigenvalue weighted by molar-refractivity contribution is 5.76. The zero-order valence-electron chi connectivity index (χ0n) is 18.5. The van der Waals surface area contributed by atoms with Gasteiger partial charge in [0.15, 0.2) is 5.65 Å². The van der Waals surface area contributed by atoms with Gasteiger partial charge in [-0.3, -0.25) is 4.79 Å². The number of imidazole rings is 1. The maximum Gasteiger partial charge on any atom is 0.220 e. The molecule has 0 saturated heterocycles. The molecule has 164 valence electrons. The van der Waals surface area contributed by atoms with Crippen LogP contribution in [0.3, 0.4) is 0 Å². The second-order valence-electron chi connectivity index (χ2n) is 7.90. The quantitative estimate of drug-likeness (QED) is 0.436. The lowest BCUT2D eigenvalue weighted by Gasteiger charge is -2.10. The Labute approximate surface area is 188 Å². The molecular weight excluding hydrogens is 400 g/mol. The van der Waals surface area contributed by atoms with E-state index in [0.29, 0.717) is 25.9 Å². The molecule has 0 radical (unpaired) electrons. The molecule has 0 aliphatic heterocycles. The van der Waals surface area contributed by atoms with Crippen molar-refractivity contribution in [2.75, 3.05) is 13.7 Å². The predicted molar refractivity (Wildman–Crippen MR) is 126 cm³/mol. The molecule has 4 rings (SSSR count). The van der Waals surface area contributed by atoms with Gasteiger partial charge < -0.3 is 14.6 Å². The number of benzene rings is 2. The third kappa shape index (κ3) is 5.32. The van der Waals surface area contributed by atoms with E-state index in [9.17, 15) is 4.79 Å². The van der Waals surface area contributed by atoms with Gasteiger partial charge in [0.1, 0.15) is 17.1 Å². The molecule has 4 aromatic rings. The van der Waals surface area contributed by atoms with E-state index in [1.165, 1.54) is 11.1 Å². The molecule has 1 N–H and O–H groups in total. The maximum absolute atomic E-state index is 12.5. The average Bonchev–Trinajstić information content (AvgIpc) is 3.15. The molecule has 0 aliphatic rings. The van der Waals surface area contributed by atoms with Crippen LogP contribution < -0.4 is 10.1 Å². The summed E-state index contributed by atoms with van der Waals surface area (Å²) in [6.45, 7) is 3.35. The third-order valence-electron chi connectivity index (χ3n) is 5.48. The Balaban J connectivity index is 1.40. The molecular formula is C26H28N4O2. The van der Waals surface area contributed by atoms with E-state index in [4.69, 9.17) is 9.72 Å². The number of pyridine rings is 1. The van der Waals surface area contributed by atoms with Crippen molar-refractivity contribution in [3.05, 3.63) is 89.4 Å². The summed E-state index contributed by atoms with van der Waals surface area (Å²) in [5, 5.41) is 3.03. The number of carbonyl (C=O) groups excluding carboxylic acids is 1. The van der Waals surface area contributed by atoms with Crippen LogP contribution in [0.25, 0.3) is 11.2 Å². The Bertz CT molecular complexity index is 1200. The van der Waals surface area contributed by atoms with Gasteiger partial charge in [-0.05, 0) is 48.7 Å². The van der Waals surface area contributed by atoms with Gasteiger partial charge in [-0.25, -0.2) is 9.97 Å². The van der Waals surface area contributed by atoms with Crippen LogP contribution in [-0.2, 0) is 24.2 Å². The van der Waals surface area contributed by atoms with E-state index in [1.807, 2.05) is 42.5 Å². The van der Waals surface area contributed by atoms with Gasteiger partial charge in [-0.1, -0.05) is 42.0 Å². The summed E-state index contributed by atoms with van der Waals surface area (Å²) in [4.78, 5) is 21.7. The van der Waals surface area contributed by atoms with Gasteiger partial charge in [0.05, 0.1) is 13.7 Å². The zero-order valence-corrected chi connectivity index (χ0v) is 18.5. The van der Waals surface area contributed by atoms with Gasteiger partial charge in [0, 0.05) is 25.6 Å². The number of fused-ring (bicyclic) bond motifs is 1. The number of hydrogen-bond donors (Lipinski definition) is 1. The SMILES string of the molecule is COc1ccc(Cn2c(CCC(=O)NCCc3cccc(C)c3)nc3cccnc32)cc1. The Morgan fingerprint density at radius 3 is 2.66 bits per heavy atom. The van der Waals surface area contributed by atoms with Gasteiger partial charge >= 0.3 is 0 Å². The van der Waals surface area contributed by atoms with Crippen molar-refractivity contribution in [3.8, 4) is 5.75 Å². The number of methoxy groups -OCH3 is 1. The summed E-state index contributed by atoms with van der Waals surface area (Å²) in [7, 11) is 1.66. The molecule has 32 heavy (non-hydrogen) atoms. The van der Waals surface area contributed by atoms with E-state index in [0.717, 1.165) is 34.7 Å². The minimum atomic E-state index is 0.0358. The Morgan fingerprint density at radius 1 is 1.03 bits per heavy atom. The lowest BCUT2D eigenvalue weighted by molar-refractivity contribution is -0.121. The van der Waals surface area contributed by atoms with Crippen molar-refractivity contribution in [1.82, 2.24) is 19.9 Å². The van der Waals surface area contributed by atoms with Gasteiger partial charge in [-0.15, -0.1) is 0 Å². The van der Waals surface area contributed by atoms with Crippen LogP contribution in [0, 0.1) is 6.92 Å². The molecule has 0 saturated carbocycles. The number of aryl methyl sites for hydroxylation is 2. The summed E-state index contributed by atoms with van der Waals surface area (Å²) in [6.07, 6.45) is 3.55. The number of rotatable bonds is 9. The lowest BCUT2D eigenvalue weighted by atomic mass is 10.1. The standard InChI is InChI=1S/C26H28N4O2/c1-19-5-3-6-20(17-19)14-16-27-25(31)13-12-24-29-23-7-4-15-28-26(23)30(24)18-21-8-10-22(32-2)11-9-21/h3-11,15,17H,12-14,16,18H2,1-2H3,(H,27,31). The third-order valence-corrected chi connectivity index (χ3v) is 5.48. The second-order valence-corrected chi connectivity index (χ2v) is 7.90. The number of amides is 1. The molecule has 0 spiro atoms. The highest BCUT2D eigenvalue weighted by Gasteiger charge is 2.14. The fraction of sp³-hybridized carbons (Fsp3) is 0.269. The minimum Gasteiger partial charge on any atom is -0.497 e. The molecule has 2 aromatic heterocycles. The first-order valence-corrected chi connectivity index (χ1v) is 10.9. The van der Waals surface area contributed by atoms with E-state index in [2.05, 4.69) is 40.0 Å². The Hall–Kier alpha value is -3.67. The number of nitrogens with one attached hydrogen (secondary N) is 1. The number of aromatic nitrogens is 3. The fourth-order valence-electron chi connectivity index (χ4n) is 3.80. The first-order valence-electron chi connectivity index (χ1n) is 10.9. The first-order chi connectivity index (χ1) is 15.6. The van der Waals surface area contributed by atoms with E-state index < -0.39 is 0 Å². The number of hydrogen-bond acceptors (Lipinski definition) is 4. The molecule has 6 nitrogen and oxygen atoms in total. The van der Waals surface area contributed by atoms with E-state index >= 15 is 0 Å². The van der Waals surface area contributed by atoms with Crippen molar-refractivity contribution in [2.45, 2.75) is 32.7 Å². The minimum absolute atomic E-state index is 0.0358. The van der Waals surface area contributed by atoms with Crippen LogP contribution >= 0.6 is 0 Å². The largest absolute Gasteiger partial charge is 0.497 e. The maximum atomic E-state index is 12.5. The van der Waals surface area contributed by atoms with Crippen LogP contribution in [-0.4, -0.2) is 34.1 Å². The highest BCUT2D eigenvalue weighted by atomic mass is 16.5. The van der Waals surface area contributed by atoms with Crippen molar-refractivity contribution in [1.29, 1.82) is 0 Å². The van der Waals surface area contributed by atoms with Crippen LogP contribution in [0.15, 0.2) is 66.9 Å². The lowest BCUT2D eigenvalue weighted by Crippen LogP contribution is -2.26. The molecule has 2 aromatic carbocycles. The molecule has 1 amide bonds. The molecule has 0 fully saturated rings. The molecule has 6 heteroatoms. The molecule has 0 atom stereocenters. The van der Waals surface area contributed by atoms with Crippen molar-refractivity contribution in [3.63, 3.8) is 0 Å². The van der Waals surface area contributed by atoms with Crippen molar-refractivity contribution < 1.29 is 9.53 Å². The fourth-order valence-corrected chi connectivity index (χ4v) is 3.80. The van der Waals surface area contributed by atoms with Gasteiger partial charge in [0.25, 0.3) is 0 Å². The topological polar surface area (TPSA) is 69.0 Å². The molecule has 0 unspecified atom stereocenters. The molecule has 2 heterocycles. The Morgan fingerprint density at radius 2 is 1.88 bits per heavy atom. The van der Waals surface area contributed by atoms with E-state index in [1.54, 1.807) is 13.3 Å². The van der Waals surface area contributed by atoms with E-state index in [-0.39, 0.29) is 5.91 Å². The average molecular weight is 429 g/mol. The van der Waals surface area contributed by atoms with Crippen molar-refractivity contribution in [2.24, 2.45) is 0 Å². The van der Waals surface area contributed by atoms with Crippen molar-refractivity contribution >= 4 is 17.1 Å². The summed E-state index contributed by atoms with van der Waals surface area (Å²) in [5.74, 6) is 1.72. The zero-order chi connectivity index (χ0) is 22.3. The molecule has 0 bridgehead atoms.